The van der Waals surface area contributed by atoms with Gasteiger partial charge in [0, 0.05) is 17.6 Å². The van der Waals surface area contributed by atoms with Gasteiger partial charge in [0.15, 0.2) is 0 Å². The van der Waals surface area contributed by atoms with Crippen LogP contribution < -0.4 is 11.1 Å². The molecule has 3 N–H and O–H groups in total. The molecule has 2 rings (SSSR count). The SMILES string of the molecule is CC(C)(C)OC(=O)Nc1cccc(C2(CN)CCCC2)c1. The van der Waals surface area contributed by atoms with Crippen molar-refractivity contribution in [3.63, 3.8) is 0 Å². The maximum atomic E-state index is 11.9. The van der Waals surface area contributed by atoms with Gasteiger partial charge in [-0.1, -0.05) is 25.0 Å². The summed E-state index contributed by atoms with van der Waals surface area (Å²) in [5, 5.41) is 2.80. The van der Waals surface area contributed by atoms with Gasteiger partial charge >= 0.3 is 6.09 Å². The van der Waals surface area contributed by atoms with Crippen LogP contribution in [-0.2, 0) is 10.2 Å². The standard InChI is InChI=1S/C17H26N2O2/c1-16(2,3)21-15(20)19-14-8-6-7-13(11-14)17(12-18)9-4-5-10-17/h6-8,11H,4-5,9-10,12,18H2,1-3H3,(H,19,20). The monoisotopic (exact) mass is 290 g/mol. The van der Waals surface area contributed by atoms with Crippen LogP contribution in [-0.4, -0.2) is 18.2 Å². The molecule has 1 aliphatic rings. The van der Waals surface area contributed by atoms with E-state index in [0.29, 0.717) is 6.54 Å². The molecular formula is C17H26N2O2. The molecule has 21 heavy (non-hydrogen) atoms. The van der Waals surface area contributed by atoms with Gasteiger partial charge in [-0.25, -0.2) is 4.79 Å². The molecule has 0 atom stereocenters. The van der Waals surface area contributed by atoms with Gasteiger partial charge in [-0.3, -0.25) is 5.32 Å². The fourth-order valence-electron chi connectivity index (χ4n) is 3.01. The molecule has 0 heterocycles. The van der Waals surface area contributed by atoms with Crippen molar-refractivity contribution in [3.8, 4) is 0 Å². The predicted octanol–water partition coefficient (Wildman–Crippen LogP) is 3.80. The van der Waals surface area contributed by atoms with Crippen LogP contribution in [0.15, 0.2) is 24.3 Å². The lowest BCUT2D eigenvalue weighted by molar-refractivity contribution is 0.0636. The number of hydrogen-bond donors (Lipinski definition) is 2. The van der Waals surface area contributed by atoms with Crippen LogP contribution >= 0.6 is 0 Å². The van der Waals surface area contributed by atoms with Crippen molar-refractivity contribution in [3.05, 3.63) is 29.8 Å². The molecule has 0 spiro atoms. The summed E-state index contributed by atoms with van der Waals surface area (Å²) in [7, 11) is 0. The van der Waals surface area contributed by atoms with Gasteiger partial charge in [0.1, 0.15) is 5.60 Å². The third-order valence-corrected chi connectivity index (χ3v) is 4.07. The van der Waals surface area contributed by atoms with Gasteiger partial charge < -0.3 is 10.5 Å². The number of nitrogens with one attached hydrogen (secondary N) is 1. The zero-order chi connectivity index (χ0) is 15.5. The molecule has 0 saturated heterocycles. The van der Waals surface area contributed by atoms with E-state index in [0.717, 1.165) is 18.5 Å². The quantitative estimate of drug-likeness (QED) is 0.889. The van der Waals surface area contributed by atoms with E-state index >= 15 is 0 Å². The molecule has 0 aromatic heterocycles. The van der Waals surface area contributed by atoms with Gasteiger partial charge in [-0.15, -0.1) is 0 Å². The Morgan fingerprint density at radius 1 is 1.33 bits per heavy atom. The fraction of sp³-hybridized carbons (Fsp3) is 0.588. The summed E-state index contributed by atoms with van der Waals surface area (Å²) in [6.07, 6.45) is 4.27. The number of carbonyl (C=O) groups excluding carboxylic acids is 1. The Bertz CT molecular complexity index is 500. The van der Waals surface area contributed by atoms with E-state index in [9.17, 15) is 4.79 Å². The van der Waals surface area contributed by atoms with Crippen LogP contribution in [0.4, 0.5) is 10.5 Å². The van der Waals surface area contributed by atoms with Crippen LogP contribution in [0.25, 0.3) is 0 Å². The van der Waals surface area contributed by atoms with Crippen molar-refractivity contribution in [2.45, 2.75) is 57.5 Å². The second-order valence-corrected chi connectivity index (χ2v) is 6.90. The molecule has 1 saturated carbocycles. The zero-order valence-corrected chi connectivity index (χ0v) is 13.2. The first-order chi connectivity index (χ1) is 9.85. The number of anilines is 1. The summed E-state index contributed by atoms with van der Waals surface area (Å²) in [5.41, 5.74) is 7.59. The number of hydrogen-bond acceptors (Lipinski definition) is 3. The number of nitrogens with two attached hydrogens (primary N) is 1. The van der Waals surface area contributed by atoms with E-state index in [4.69, 9.17) is 10.5 Å². The molecular weight excluding hydrogens is 264 g/mol. The third kappa shape index (κ3) is 3.97. The van der Waals surface area contributed by atoms with Gasteiger partial charge in [-0.2, -0.15) is 0 Å². The summed E-state index contributed by atoms with van der Waals surface area (Å²) in [6, 6.07) is 7.99. The fourth-order valence-corrected chi connectivity index (χ4v) is 3.01. The molecule has 4 nitrogen and oxygen atoms in total. The molecule has 0 aliphatic heterocycles. The van der Waals surface area contributed by atoms with Crippen molar-refractivity contribution in [2.24, 2.45) is 5.73 Å². The lowest BCUT2D eigenvalue weighted by atomic mass is 9.79. The Hall–Kier alpha value is -1.55. The molecule has 1 amide bonds. The van der Waals surface area contributed by atoms with Gasteiger partial charge in [0.05, 0.1) is 0 Å². The summed E-state index contributed by atoms with van der Waals surface area (Å²) in [5.74, 6) is 0. The number of rotatable bonds is 3. The summed E-state index contributed by atoms with van der Waals surface area (Å²) < 4.78 is 5.28. The maximum absolute atomic E-state index is 11.9. The second kappa shape index (κ2) is 6.06. The van der Waals surface area contributed by atoms with E-state index in [1.807, 2.05) is 39.0 Å². The van der Waals surface area contributed by atoms with E-state index in [1.165, 1.54) is 18.4 Å². The maximum Gasteiger partial charge on any atom is 0.412 e. The number of ether oxygens (including phenoxy) is 1. The summed E-state index contributed by atoms with van der Waals surface area (Å²) in [4.78, 5) is 11.9. The summed E-state index contributed by atoms with van der Waals surface area (Å²) >= 11 is 0. The first kappa shape index (κ1) is 15.8. The normalized spacial score (nSPS) is 17.5. The minimum Gasteiger partial charge on any atom is -0.444 e. The highest BCUT2D eigenvalue weighted by Gasteiger charge is 2.34. The Morgan fingerprint density at radius 3 is 2.57 bits per heavy atom. The lowest BCUT2D eigenvalue weighted by Crippen LogP contribution is -2.32. The smallest absolute Gasteiger partial charge is 0.412 e. The molecule has 0 unspecified atom stereocenters. The largest absolute Gasteiger partial charge is 0.444 e. The molecule has 0 radical (unpaired) electrons. The van der Waals surface area contributed by atoms with Crippen molar-refractivity contribution < 1.29 is 9.53 Å². The summed E-state index contributed by atoms with van der Waals surface area (Å²) in [6.45, 7) is 6.21. The molecule has 116 valence electrons. The van der Waals surface area contributed by atoms with Crippen molar-refractivity contribution in [1.82, 2.24) is 0 Å². The molecule has 1 fully saturated rings. The minimum absolute atomic E-state index is 0.0750. The number of carbonyl (C=O) groups is 1. The van der Waals surface area contributed by atoms with Crippen LogP contribution in [0.1, 0.15) is 52.0 Å². The highest BCUT2D eigenvalue weighted by Crippen LogP contribution is 2.40. The second-order valence-electron chi connectivity index (χ2n) is 6.90. The van der Waals surface area contributed by atoms with Crippen molar-refractivity contribution in [1.29, 1.82) is 0 Å². The predicted molar refractivity (Wildman–Crippen MR) is 85.5 cm³/mol. The number of amides is 1. The van der Waals surface area contributed by atoms with Crippen LogP contribution in [0, 0.1) is 0 Å². The van der Waals surface area contributed by atoms with Crippen LogP contribution in [0.5, 0.6) is 0 Å². The number of benzene rings is 1. The van der Waals surface area contributed by atoms with Gasteiger partial charge in [0.2, 0.25) is 0 Å². The Balaban J connectivity index is 2.13. The van der Waals surface area contributed by atoms with E-state index in [2.05, 4.69) is 11.4 Å². The van der Waals surface area contributed by atoms with E-state index in [1.54, 1.807) is 0 Å². The Labute approximate surface area is 127 Å². The Kier molecular flexibility index (Phi) is 4.57. The van der Waals surface area contributed by atoms with E-state index < -0.39 is 11.7 Å². The average molecular weight is 290 g/mol. The minimum atomic E-state index is -0.494. The Morgan fingerprint density at radius 2 is 2.00 bits per heavy atom. The van der Waals surface area contributed by atoms with Crippen LogP contribution in [0.2, 0.25) is 0 Å². The molecule has 1 aromatic rings. The first-order valence-corrected chi connectivity index (χ1v) is 7.65. The van der Waals surface area contributed by atoms with E-state index in [-0.39, 0.29) is 5.41 Å². The topological polar surface area (TPSA) is 64.3 Å². The molecule has 1 aromatic carbocycles. The lowest BCUT2D eigenvalue weighted by Gasteiger charge is -2.28. The molecule has 1 aliphatic carbocycles. The van der Waals surface area contributed by atoms with Crippen molar-refractivity contribution in [2.75, 3.05) is 11.9 Å². The molecule has 4 heteroatoms. The zero-order valence-electron chi connectivity index (χ0n) is 13.2. The van der Waals surface area contributed by atoms with Crippen LogP contribution in [0.3, 0.4) is 0 Å². The third-order valence-electron chi connectivity index (χ3n) is 4.07. The molecule has 0 bridgehead atoms. The highest BCUT2D eigenvalue weighted by molar-refractivity contribution is 5.85. The highest BCUT2D eigenvalue weighted by atomic mass is 16.6. The average Bonchev–Trinajstić information content (AvgIpc) is 2.86. The van der Waals surface area contributed by atoms with Gasteiger partial charge in [0.25, 0.3) is 0 Å². The first-order valence-electron chi connectivity index (χ1n) is 7.65. The van der Waals surface area contributed by atoms with Gasteiger partial charge in [-0.05, 0) is 51.3 Å². The van der Waals surface area contributed by atoms with Crippen molar-refractivity contribution >= 4 is 11.8 Å².